The molecule has 0 fully saturated rings. The molecule has 2 aromatic rings. The van der Waals surface area contributed by atoms with E-state index in [2.05, 4.69) is 56.3 Å². The predicted octanol–water partition coefficient (Wildman–Crippen LogP) is 4.56. The molecule has 17 heavy (non-hydrogen) atoms. The Morgan fingerprint density at radius 1 is 1.00 bits per heavy atom. The molecule has 0 spiro atoms. The van der Waals surface area contributed by atoms with Crippen molar-refractivity contribution in [1.82, 2.24) is 0 Å². The summed E-state index contributed by atoms with van der Waals surface area (Å²) in [5.41, 5.74) is 1.45. The van der Waals surface area contributed by atoms with Crippen LogP contribution in [0.4, 0.5) is 0 Å². The van der Waals surface area contributed by atoms with Crippen LogP contribution in [0.2, 0.25) is 6.32 Å². The normalized spacial score (nSPS) is 14.7. The Hall–Kier alpha value is -1.24. The number of hydrogen-bond acceptors (Lipinski definition) is 0. The minimum absolute atomic E-state index is 0.569. The third-order valence-electron chi connectivity index (χ3n) is 3.51. The van der Waals surface area contributed by atoms with Gasteiger partial charge < -0.3 is 0 Å². The highest BCUT2D eigenvalue weighted by Crippen LogP contribution is 2.30. The van der Waals surface area contributed by atoms with E-state index in [1.807, 2.05) is 0 Å². The average molecular weight is 222 g/mol. The van der Waals surface area contributed by atoms with Crippen LogP contribution in [-0.4, -0.2) is 7.85 Å². The van der Waals surface area contributed by atoms with Gasteiger partial charge in [0.2, 0.25) is 0 Å². The lowest BCUT2D eigenvalue weighted by Crippen LogP contribution is -2.02. The zero-order valence-electron chi connectivity index (χ0n) is 10.7. The van der Waals surface area contributed by atoms with Gasteiger partial charge in [-0.25, -0.2) is 0 Å². The fraction of sp³-hybridized carbons (Fsp3) is 0.375. The highest BCUT2D eigenvalue weighted by molar-refractivity contribution is 6.08. The standard InChI is InChI=1S/C16H19B/c1-12(11-17)10-13(2)15-9-5-7-14-6-3-4-8-16(14)15/h3-9,12-13H,10-11H2,1-2H3/t12-,13+/m1/s1. The number of benzene rings is 2. The Labute approximate surface area is 105 Å². The van der Waals surface area contributed by atoms with Gasteiger partial charge in [-0.2, -0.15) is 0 Å². The molecular weight excluding hydrogens is 203 g/mol. The summed E-state index contributed by atoms with van der Waals surface area (Å²) in [5.74, 6) is 1.16. The largest absolute Gasteiger partial charge is 0.0861 e. The minimum Gasteiger partial charge on any atom is -0.0861 e. The lowest BCUT2D eigenvalue weighted by molar-refractivity contribution is 0.525. The summed E-state index contributed by atoms with van der Waals surface area (Å²) in [5, 5.41) is 2.71. The summed E-state index contributed by atoms with van der Waals surface area (Å²) >= 11 is 0. The number of fused-ring (bicyclic) bond motifs is 1. The van der Waals surface area contributed by atoms with E-state index in [9.17, 15) is 0 Å². The third-order valence-corrected chi connectivity index (χ3v) is 3.51. The summed E-state index contributed by atoms with van der Waals surface area (Å²) in [6.45, 7) is 4.52. The molecule has 0 heterocycles. The maximum absolute atomic E-state index is 5.71. The van der Waals surface area contributed by atoms with Gasteiger partial charge in [-0.3, -0.25) is 0 Å². The first kappa shape index (κ1) is 12.2. The van der Waals surface area contributed by atoms with E-state index < -0.39 is 0 Å². The van der Waals surface area contributed by atoms with Crippen molar-refractivity contribution in [2.24, 2.45) is 5.92 Å². The van der Waals surface area contributed by atoms with Crippen LogP contribution in [0.1, 0.15) is 31.7 Å². The Kier molecular flexibility index (Phi) is 3.88. The van der Waals surface area contributed by atoms with Gasteiger partial charge in [-0.1, -0.05) is 68.6 Å². The molecule has 0 aliphatic heterocycles. The fourth-order valence-electron chi connectivity index (χ4n) is 2.51. The summed E-state index contributed by atoms with van der Waals surface area (Å²) < 4.78 is 0. The Balaban J connectivity index is 2.34. The van der Waals surface area contributed by atoms with Crippen LogP contribution in [0.25, 0.3) is 10.8 Å². The Morgan fingerprint density at radius 3 is 2.47 bits per heavy atom. The van der Waals surface area contributed by atoms with E-state index in [0.29, 0.717) is 11.8 Å². The van der Waals surface area contributed by atoms with Crippen molar-refractivity contribution < 1.29 is 0 Å². The van der Waals surface area contributed by atoms with Crippen LogP contribution >= 0.6 is 0 Å². The second-order valence-corrected chi connectivity index (χ2v) is 5.05. The maximum atomic E-state index is 5.71. The molecule has 1 heteroatoms. The number of hydrogen-bond donors (Lipinski definition) is 0. The van der Waals surface area contributed by atoms with Gasteiger partial charge in [-0.15, -0.1) is 0 Å². The van der Waals surface area contributed by atoms with Gasteiger partial charge in [0.1, 0.15) is 0 Å². The maximum Gasteiger partial charge on any atom is 0.0656 e. The highest BCUT2D eigenvalue weighted by Gasteiger charge is 2.11. The fourth-order valence-corrected chi connectivity index (χ4v) is 2.51. The molecule has 0 aromatic heterocycles. The average Bonchev–Trinajstić information content (AvgIpc) is 2.37. The van der Waals surface area contributed by atoms with Crippen molar-refractivity contribution in [3.63, 3.8) is 0 Å². The molecule has 0 saturated carbocycles. The van der Waals surface area contributed by atoms with Crippen molar-refractivity contribution in [1.29, 1.82) is 0 Å². The van der Waals surface area contributed by atoms with Crippen LogP contribution in [0, 0.1) is 5.92 Å². The van der Waals surface area contributed by atoms with Crippen molar-refractivity contribution >= 4 is 18.6 Å². The van der Waals surface area contributed by atoms with Crippen LogP contribution in [0.3, 0.4) is 0 Å². The first-order valence-corrected chi connectivity index (χ1v) is 6.40. The lowest BCUT2D eigenvalue weighted by Gasteiger charge is -2.18. The van der Waals surface area contributed by atoms with Crippen molar-refractivity contribution in [3.8, 4) is 0 Å². The van der Waals surface area contributed by atoms with Gasteiger partial charge in [0.05, 0.1) is 7.85 Å². The van der Waals surface area contributed by atoms with Crippen molar-refractivity contribution in [2.75, 3.05) is 0 Å². The summed E-state index contributed by atoms with van der Waals surface area (Å²) in [7, 11) is 5.71. The molecule has 2 atom stereocenters. The Bertz CT molecular complexity index is 484. The van der Waals surface area contributed by atoms with Crippen LogP contribution in [0.15, 0.2) is 42.5 Å². The molecule has 0 saturated heterocycles. The van der Waals surface area contributed by atoms with Crippen molar-refractivity contribution in [3.05, 3.63) is 48.0 Å². The molecule has 2 aromatic carbocycles. The first-order chi connectivity index (χ1) is 8.22. The predicted molar refractivity (Wildman–Crippen MR) is 76.7 cm³/mol. The summed E-state index contributed by atoms with van der Waals surface area (Å²) in [6.07, 6.45) is 1.93. The smallest absolute Gasteiger partial charge is 0.0656 e. The van der Waals surface area contributed by atoms with Gasteiger partial charge in [0.15, 0.2) is 0 Å². The second kappa shape index (κ2) is 5.40. The van der Waals surface area contributed by atoms with Crippen molar-refractivity contribution in [2.45, 2.75) is 32.5 Å². The van der Waals surface area contributed by atoms with E-state index in [4.69, 9.17) is 7.85 Å². The monoisotopic (exact) mass is 222 g/mol. The molecule has 0 bridgehead atoms. The van der Waals surface area contributed by atoms with E-state index >= 15 is 0 Å². The minimum atomic E-state index is 0.569. The van der Waals surface area contributed by atoms with Gasteiger partial charge in [0.25, 0.3) is 0 Å². The molecule has 86 valence electrons. The van der Waals surface area contributed by atoms with Crippen LogP contribution in [0.5, 0.6) is 0 Å². The van der Waals surface area contributed by atoms with E-state index in [1.165, 1.54) is 16.3 Å². The van der Waals surface area contributed by atoms with Gasteiger partial charge in [0, 0.05) is 0 Å². The zero-order chi connectivity index (χ0) is 12.3. The molecule has 0 amide bonds. The molecule has 0 unspecified atom stereocenters. The zero-order valence-corrected chi connectivity index (χ0v) is 10.7. The van der Waals surface area contributed by atoms with E-state index in [1.54, 1.807) is 0 Å². The summed E-state index contributed by atoms with van der Waals surface area (Å²) in [4.78, 5) is 0. The molecule has 2 rings (SSSR count). The van der Waals surface area contributed by atoms with Crippen LogP contribution < -0.4 is 0 Å². The molecule has 0 nitrogen and oxygen atoms in total. The molecule has 0 aliphatic rings. The topological polar surface area (TPSA) is 0 Å². The molecule has 2 radical (unpaired) electrons. The Morgan fingerprint density at radius 2 is 1.71 bits per heavy atom. The van der Waals surface area contributed by atoms with Gasteiger partial charge >= 0.3 is 0 Å². The van der Waals surface area contributed by atoms with Crippen LogP contribution in [-0.2, 0) is 0 Å². The SMILES string of the molecule is [B]C[C@H](C)C[C@H](C)c1cccc2ccccc12. The third kappa shape index (κ3) is 2.72. The van der Waals surface area contributed by atoms with Gasteiger partial charge in [-0.05, 0) is 28.7 Å². The van der Waals surface area contributed by atoms with E-state index in [0.717, 1.165) is 12.7 Å². The molecule has 0 N–H and O–H groups in total. The molecular formula is C16H19B. The second-order valence-electron chi connectivity index (χ2n) is 5.05. The van der Waals surface area contributed by atoms with E-state index in [-0.39, 0.29) is 0 Å². The summed E-state index contributed by atoms with van der Waals surface area (Å²) in [6, 6.07) is 15.2. The highest BCUT2D eigenvalue weighted by atomic mass is 14.2. The first-order valence-electron chi connectivity index (χ1n) is 6.40. The number of rotatable bonds is 4. The molecule has 0 aliphatic carbocycles. The lowest BCUT2D eigenvalue weighted by atomic mass is 9.82. The quantitative estimate of drug-likeness (QED) is 0.665.